The maximum absolute atomic E-state index is 12.0. The van der Waals surface area contributed by atoms with Gasteiger partial charge >= 0.3 is 0 Å². The summed E-state index contributed by atoms with van der Waals surface area (Å²) in [6, 6.07) is 12.3. The van der Waals surface area contributed by atoms with E-state index < -0.39 is 0 Å². The molecule has 3 heterocycles. The molecule has 0 saturated heterocycles. The van der Waals surface area contributed by atoms with Gasteiger partial charge in [-0.25, -0.2) is 0 Å². The van der Waals surface area contributed by atoms with Crippen LogP contribution in [-0.4, -0.2) is 20.7 Å². The molecule has 5 heteroatoms. The van der Waals surface area contributed by atoms with Crippen molar-refractivity contribution in [3.8, 4) is 11.1 Å². The van der Waals surface area contributed by atoms with Gasteiger partial charge in [0.2, 0.25) is 5.91 Å². The number of carbonyl (C=O) groups excluding carboxylic acids is 1. The van der Waals surface area contributed by atoms with Gasteiger partial charge < -0.3 is 5.32 Å². The van der Waals surface area contributed by atoms with Crippen molar-refractivity contribution in [2.24, 2.45) is 0 Å². The largest absolute Gasteiger partial charge is 0.309 e. The number of aryl methyl sites for hydroxylation is 1. The third kappa shape index (κ3) is 2.58. The van der Waals surface area contributed by atoms with Gasteiger partial charge in [0.1, 0.15) is 0 Å². The second-order valence-corrected chi connectivity index (χ2v) is 5.96. The van der Waals surface area contributed by atoms with Gasteiger partial charge in [0, 0.05) is 43.0 Å². The summed E-state index contributed by atoms with van der Waals surface area (Å²) in [7, 11) is 0. The topological polar surface area (TPSA) is 59.8 Å². The lowest BCUT2D eigenvalue weighted by Gasteiger charge is -2.22. The molecule has 0 fully saturated rings. The Morgan fingerprint density at radius 2 is 2.04 bits per heavy atom. The molecule has 4 rings (SSSR count). The maximum Gasteiger partial charge on any atom is 0.226 e. The number of aromatic nitrogens is 3. The number of nitrogens with one attached hydrogen (secondary N) is 1. The molecule has 2 aromatic heterocycles. The SMILES string of the molecule is CCn1cc2c(n1)NC(=O)CC2c1ccc(-c2cccnc2)cc1. The summed E-state index contributed by atoms with van der Waals surface area (Å²) >= 11 is 0. The standard InChI is InChI=1S/C19H18N4O/c1-2-23-12-17-16(10-18(24)21-19(17)22-23)14-7-5-13(6-8-14)15-4-3-9-20-11-15/h3-9,11-12,16H,2,10H2,1H3,(H,21,22,24). The normalized spacial score (nSPS) is 16.5. The number of hydrogen-bond acceptors (Lipinski definition) is 3. The van der Waals surface area contributed by atoms with Crippen LogP contribution < -0.4 is 5.32 Å². The van der Waals surface area contributed by atoms with E-state index in [0.717, 1.165) is 28.8 Å². The summed E-state index contributed by atoms with van der Waals surface area (Å²) in [5.41, 5.74) is 4.43. The Bertz CT molecular complexity index is 868. The van der Waals surface area contributed by atoms with Crippen molar-refractivity contribution in [1.29, 1.82) is 0 Å². The van der Waals surface area contributed by atoms with Gasteiger partial charge in [-0.05, 0) is 29.7 Å². The predicted molar refractivity (Wildman–Crippen MR) is 92.7 cm³/mol. The molecule has 5 nitrogen and oxygen atoms in total. The molecular formula is C19H18N4O. The van der Waals surface area contributed by atoms with E-state index in [1.807, 2.05) is 36.1 Å². The molecule has 0 radical (unpaired) electrons. The van der Waals surface area contributed by atoms with Crippen LogP contribution in [0, 0.1) is 0 Å². The summed E-state index contributed by atoms with van der Waals surface area (Å²) in [5.74, 6) is 0.761. The number of fused-ring (bicyclic) bond motifs is 1. The first kappa shape index (κ1) is 14.6. The minimum Gasteiger partial charge on any atom is -0.309 e. The monoisotopic (exact) mass is 318 g/mol. The highest BCUT2D eigenvalue weighted by Crippen LogP contribution is 2.36. The van der Waals surface area contributed by atoms with E-state index in [4.69, 9.17) is 0 Å². The molecule has 0 saturated carbocycles. The van der Waals surface area contributed by atoms with Crippen LogP contribution >= 0.6 is 0 Å². The third-order valence-electron chi connectivity index (χ3n) is 4.44. The van der Waals surface area contributed by atoms with Crippen LogP contribution in [0.4, 0.5) is 5.82 Å². The number of benzene rings is 1. The smallest absolute Gasteiger partial charge is 0.226 e. The van der Waals surface area contributed by atoms with Gasteiger partial charge in [0.25, 0.3) is 0 Å². The van der Waals surface area contributed by atoms with E-state index in [1.165, 1.54) is 0 Å². The fraction of sp³-hybridized carbons (Fsp3) is 0.211. The van der Waals surface area contributed by atoms with E-state index in [1.54, 1.807) is 6.20 Å². The second-order valence-electron chi connectivity index (χ2n) is 5.96. The number of carbonyl (C=O) groups is 1. The Kier molecular flexibility index (Phi) is 3.61. The molecule has 1 aliphatic heterocycles. The number of anilines is 1. The van der Waals surface area contributed by atoms with E-state index in [9.17, 15) is 4.79 Å². The zero-order chi connectivity index (χ0) is 16.5. The Labute approximate surface area is 140 Å². The van der Waals surface area contributed by atoms with Crippen LogP contribution in [0.15, 0.2) is 55.0 Å². The van der Waals surface area contributed by atoms with Gasteiger partial charge in [-0.2, -0.15) is 5.10 Å². The number of hydrogen-bond donors (Lipinski definition) is 1. The summed E-state index contributed by atoms with van der Waals surface area (Å²) in [6.07, 6.45) is 6.11. The van der Waals surface area contributed by atoms with Crippen molar-refractivity contribution < 1.29 is 4.79 Å². The van der Waals surface area contributed by atoms with Crippen molar-refractivity contribution >= 4 is 11.7 Å². The molecule has 24 heavy (non-hydrogen) atoms. The fourth-order valence-electron chi connectivity index (χ4n) is 3.17. The van der Waals surface area contributed by atoms with Crippen LogP contribution in [0.25, 0.3) is 11.1 Å². The molecule has 1 aliphatic rings. The number of pyridine rings is 1. The average Bonchev–Trinajstić information content (AvgIpc) is 3.05. The van der Waals surface area contributed by atoms with E-state index in [-0.39, 0.29) is 11.8 Å². The van der Waals surface area contributed by atoms with Crippen molar-refractivity contribution in [1.82, 2.24) is 14.8 Å². The molecule has 1 atom stereocenters. The highest BCUT2D eigenvalue weighted by Gasteiger charge is 2.29. The van der Waals surface area contributed by atoms with Crippen LogP contribution in [0.2, 0.25) is 0 Å². The predicted octanol–water partition coefficient (Wildman–Crippen LogP) is 3.44. The van der Waals surface area contributed by atoms with Gasteiger partial charge in [-0.1, -0.05) is 30.3 Å². The van der Waals surface area contributed by atoms with Crippen molar-refractivity contribution in [3.63, 3.8) is 0 Å². The lowest BCUT2D eigenvalue weighted by molar-refractivity contribution is -0.116. The molecule has 0 spiro atoms. The fourth-order valence-corrected chi connectivity index (χ4v) is 3.17. The van der Waals surface area contributed by atoms with Crippen molar-refractivity contribution in [3.05, 3.63) is 66.1 Å². The van der Waals surface area contributed by atoms with Crippen LogP contribution in [-0.2, 0) is 11.3 Å². The Morgan fingerprint density at radius 1 is 1.21 bits per heavy atom. The zero-order valence-electron chi connectivity index (χ0n) is 13.4. The highest BCUT2D eigenvalue weighted by molar-refractivity contribution is 5.94. The average molecular weight is 318 g/mol. The van der Waals surface area contributed by atoms with Gasteiger partial charge in [-0.3, -0.25) is 14.5 Å². The van der Waals surface area contributed by atoms with E-state index in [0.29, 0.717) is 12.2 Å². The number of nitrogens with zero attached hydrogens (tertiary/aromatic N) is 3. The minimum absolute atomic E-state index is 0.0187. The maximum atomic E-state index is 12.0. The lowest BCUT2D eigenvalue weighted by atomic mass is 9.87. The summed E-state index contributed by atoms with van der Waals surface area (Å²) < 4.78 is 1.87. The zero-order valence-corrected chi connectivity index (χ0v) is 13.4. The lowest BCUT2D eigenvalue weighted by Crippen LogP contribution is -2.22. The molecule has 120 valence electrons. The van der Waals surface area contributed by atoms with E-state index in [2.05, 4.69) is 39.7 Å². The molecule has 1 unspecified atom stereocenters. The Balaban J connectivity index is 1.69. The number of rotatable bonds is 3. The van der Waals surface area contributed by atoms with E-state index >= 15 is 0 Å². The summed E-state index contributed by atoms with van der Waals surface area (Å²) in [5, 5.41) is 7.31. The van der Waals surface area contributed by atoms with Crippen LogP contribution in [0.5, 0.6) is 0 Å². The quantitative estimate of drug-likeness (QED) is 0.805. The molecule has 1 N–H and O–H groups in total. The first-order chi connectivity index (χ1) is 11.7. The van der Waals surface area contributed by atoms with Gasteiger partial charge in [-0.15, -0.1) is 0 Å². The Hall–Kier alpha value is -2.95. The van der Waals surface area contributed by atoms with Crippen molar-refractivity contribution in [2.45, 2.75) is 25.8 Å². The molecule has 0 bridgehead atoms. The van der Waals surface area contributed by atoms with Crippen molar-refractivity contribution in [2.75, 3.05) is 5.32 Å². The minimum atomic E-state index is 0.0187. The second kappa shape index (κ2) is 5.92. The molecule has 1 amide bonds. The molecule has 3 aromatic rings. The highest BCUT2D eigenvalue weighted by atomic mass is 16.1. The Morgan fingerprint density at radius 3 is 2.75 bits per heavy atom. The third-order valence-corrected chi connectivity index (χ3v) is 4.44. The molecule has 0 aliphatic carbocycles. The summed E-state index contributed by atoms with van der Waals surface area (Å²) in [6.45, 7) is 2.83. The number of amides is 1. The van der Waals surface area contributed by atoms with Gasteiger partial charge in [0.05, 0.1) is 0 Å². The molecular weight excluding hydrogens is 300 g/mol. The molecule has 1 aromatic carbocycles. The van der Waals surface area contributed by atoms with Gasteiger partial charge in [0.15, 0.2) is 5.82 Å². The van der Waals surface area contributed by atoms with Crippen LogP contribution in [0.3, 0.4) is 0 Å². The summed E-state index contributed by atoms with van der Waals surface area (Å²) in [4.78, 5) is 16.2. The van der Waals surface area contributed by atoms with Crippen LogP contribution in [0.1, 0.15) is 30.4 Å². The first-order valence-corrected chi connectivity index (χ1v) is 8.12. The first-order valence-electron chi connectivity index (χ1n) is 8.12.